The number of hydrogen-bond acceptors (Lipinski definition) is 2. The maximum atomic E-state index is 5.84. The van der Waals surface area contributed by atoms with Gasteiger partial charge in [-0.1, -0.05) is 44.2 Å². The van der Waals surface area contributed by atoms with Crippen molar-refractivity contribution in [3.8, 4) is 0 Å². The molecule has 0 heterocycles. The minimum atomic E-state index is 0.417. The van der Waals surface area contributed by atoms with Gasteiger partial charge in [-0.15, -0.1) is 0 Å². The van der Waals surface area contributed by atoms with Gasteiger partial charge in [0.25, 0.3) is 0 Å². The molecule has 3 unspecified atom stereocenters. The van der Waals surface area contributed by atoms with Crippen LogP contribution in [0.4, 0.5) is 0 Å². The second-order valence-electron chi connectivity index (χ2n) is 4.96. The Kier molecular flexibility index (Phi) is 6.23. The van der Waals surface area contributed by atoms with Crippen molar-refractivity contribution in [3.05, 3.63) is 35.9 Å². The second-order valence-corrected chi connectivity index (χ2v) is 4.96. The molecule has 0 radical (unpaired) electrons. The van der Waals surface area contributed by atoms with E-state index in [1.54, 1.807) is 0 Å². The second kappa shape index (κ2) is 7.46. The summed E-state index contributed by atoms with van der Waals surface area (Å²) in [6.45, 7) is 7.40. The summed E-state index contributed by atoms with van der Waals surface area (Å²) in [5, 5.41) is 3.59. The molecule has 0 bridgehead atoms. The molecule has 2 nitrogen and oxygen atoms in total. The molecule has 3 atom stereocenters. The van der Waals surface area contributed by atoms with Gasteiger partial charge in [-0.2, -0.15) is 0 Å². The van der Waals surface area contributed by atoms with Crippen molar-refractivity contribution in [3.63, 3.8) is 0 Å². The summed E-state index contributed by atoms with van der Waals surface area (Å²) in [7, 11) is 0. The van der Waals surface area contributed by atoms with E-state index in [1.165, 1.54) is 5.56 Å². The van der Waals surface area contributed by atoms with E-state index in [2.05, 4.69) is 56.4 Å². The fourth-order valence-electron chi connectivity index (χ4n) is 2.10. The normalized spacial score (nSPS) is 16.5. The lowest BCUT2D eigenvalue weighted by Gasteiger charge is -2.24. The number of nitrogens with one attached hydrogen (secondary N) is 1. The average Bonchev–Trinajstić information content (AvgIpc) is 2.38. The van der Waals surface area contributed by atoms with Crippen LogP contribution in [0, 0.1) is 0 Å². The van der Waals surface area contributed by atoms with Gasteiger partial charge in [-0.3, -0.25) is 0 Å². The van der Waals surface area contributed by atoms with E-state index in [9.17, 15) is 0 Å². The molecule has 0 saturated heterocycles. The molecule has 0 saturated carbocycles. The van der Waals surface area contributed by atoms with Gasteiger partial charge in [0.05, 0.1) is 0 Å². The minimum absolute atomic E-state index is 0.417. The van der Waals surface area contributed by atoms with E-state index in [4.69, 9.17) is 5.73 Å². The average molecular weight is 234 g/mol. The maximum Gasteiger partial charge on any atom is 0.0198 e. The standard InChI is InChI=1S/C15H26N2/c1-4-13(3)17-15(11-16)10-12(2)14-8-6-5-7-9-14/h5-9,12-13,15,17H,4,10-11,16H2,1-3H3. The first-order valence-corrected chi connectivity index (χ1v) is 6.68. The van der Waals surface area contributed by atoms with Crippen LogP contribution in [-0.4, -0.2) is 18.6 Å². The van der Waals surface area contributed by atoms with Crippen molar-refractivity contribution in [2.45, 2.75) is 51.6 Å². The molecule has 2 heteroatoms. The molecule has 1 aromatic rings. The Hall–Kier alpha value is -0.860. The molecule has 0 spiro atoms. The zero-order valence-corrected chi connectivity index (χ0v) is 11.3. The van der Waals surface area contributed by atoms with Gasteiger partial charge in [0, 0.05) is 18.6 Å². The van der Waals surface area contributed by atoms with E-state index >= 15 is 0 Å². The predicted molar refractivity (Wildman–Crippen MR) is 75.2 cm³/mol. The molecule has 1 aromatic carbocycles. The van der Waals surface area contributed by atoms with Crippen LogP contribution in [0.25, 0.3) is 0 Å². The van der Waals surface area contributed by atoms with Gasteiger partial charge in [-0.05, 0) is 31.2 Å². The van der Waals surface area contributed by atoms with Crippen LogP contribution in [0.3, 0.4) is 0 Å². The monoisotopic (exact) mass is 234 g/mol. The molecule has 0 aliphatic carbocycles. The lowest BCUT2D eigenvalue weighted by atomic mass is 9.93. The van der Waals surface area contributed by atoms with Crippen LogP contribution in [0.5, 0.6) is 0 Å². The topological polar surface area (TPSA) is 38.0 Å². The number of benzene rings is 1. The van der Waals surface area contributed by atoms with Crippen LogP contribution in [0.15, 0.2) is 30.3 Å². The molecule has 0 aliphatic rings. The molecular formula is C15H26N2. The Morgan fingerprint density at radius 1 is 1.18 bits per heavy atom. The minimum Gasteiger partial charge on any atom is -0.329 e. The predicted octanol–water partition coefficient (Wildman–Crippen LogP) is 2.90. The summed E-state index contributed by atoms with van der Waals surface area (Å²) < 4.78 is 0. The SMILES string of the molecule is CCC(C)NC(CN)CC(C)c1ccccc1. The van der Waals surface area contributed by atoms with Crippen molar-refractivity contribution < 1.29 is 0 Å². The summed E-state index contributed by atoms with van der Waals surface area (Å²) in [4.78, 5) is 0. The highest BCUT2D eigenvalue weighted by Crippen LogP contribution is 2.20. The van der Waals surface area contributed by atoms with Gasteiger partial charge in [-0.25, -0.2) is 0 Å². The third-order valence-electron chi connectivity index (χ3n) is 3.42. The maximum absolute atomic E-state index is 5.84. The lowest BCUT2D eigenvalue weighted by molar-refractivity contribution is 0.402. The number of hydrogen-bond donors (Lipinski definition) is 2. The summed E-state index contributed by atoms with van der Waals surface area (Å²) >= 11 is 0. The van der Waals surface area contributed by atoms with Crippen LogP contribution in [0.2, 0.25) is 0 Å². The zero-order chi connectivity index (χ0) is 12.7. The van der Waals surface area contributed by atoms with Gasteiger partial charge in [0.2, 0.25) is 0 Å². The highest BCUT2D eigenvalue weighted by Gasteiger charge is 2.14. The fraction of sp³-hybridized carbons (Fsp3) is 0.600. The van der Waals surface area contributed by atoms with E-state index in [0.29, 0.717) is 24.5 Å². The quantitative estimate of drug-likeness (QED) is 0.761. The summed E-state index contributed by atoms with van der Waals surface area (Å²) in [5.74, 6) is 0.557. The van der Waals surface area contributed by atoms with Gasteiger partial charge < -0.3 is 11.1 Å². The van der Waals surface area contributed by atoms with Gasteiger partial charge in [0.1, 0.15) is 0 Å². The van der Waals surface area contributed by atoms with Crippen LogP contribution < -0.4 is 11.1 Å². The third kappa shape index (κ3) is 4.88. The van der Waals surface area contributed by atoms with E-state index < -0.39 is 0 Å². The molecule has 0 amide bonds. The van der Waals surface area contributed by atoms with Crippen molar-refractivity contribution in [1.82, 2.24) is 5.32 Å². The Morgan fingerprint density at radius 2 is 1.82 bits per heavy atom. The van der Waals surface area contributed by atoms with Crippen LogP contribution in [0.1, 0.15) is 45.1 Å². The molecule has 3 N–H and O–H groups in total. The number of nitrogens with two attached hydrogens (primary N) is 1. The third-order valence-corrected chi connectivity index (χ3v) is 3.42. The zero-order valence-electron chi connectivity index (χ0n) is 11.3. The molecule has 17 heavy (non-hydrogen) atoms. The largest absolute Gasteiger partial charge is 0.329 e. The highest BCUT2D eigenvalue weighted by molar-refractivity contribution is 5.18. The van der Waals surface area contributed by atoms with Crippen LogP contribution >= 0.6 is 0 Å². The van der Waals surface area contributed by atoms with Gasteiger partial charge >= 0.3 is 0 Å². The van der Waals surface area contributed by atoms with Gasteiger partial charge in [0.15, 0.2) is 0 Å². The first-order chi connectivity index (χ1) is 8.17. The Morgan fingerprint density at radius 3 is 2.35 bits per heavy atom. The summed E-state index contributed by atoms with van der Waals surface area (Å²) in [6.07, 6.45) is 2.25. The molecule has 1 rings (SSSR count). The smallest absolute Gasteiger partial charge is 0.0198 e. The first kappa shape index (κ1) is 14.2. The lowest BCUT2D eigenvalue weighted by Crippen LogP contribution is -2.42. The summed E-state index contributed by atoms with van der Waals surface area (Å²) in [5.41, 5.74) is 7.24. The van der Waals surface area contributed by atoms with Crippen LogP contribution in [-0.2, 0) is 0 Å². The molecule has 0 aliphatic heterocycles. The van der Waals surface area contributed by atoms with Crippen molar-refractivity contribution in [2.75, 3.05) is 6.54 Å². The fourth-order valence-corrected chi connectivity index (χ4v) is 2.10. The van der Waals surface area contributed by atoms with E-state index in [-0.39, 0.29) is 0 Å². The summed E-state index contributed by atoms with van der Waals surface area (Å²) in [6, 6.07) is 11.6. The Bertz CT molecular complexity index is 297. The number of rotatable bonds is 7. The molecule has 0 fully saturated rings. The highest BCUT2D eigenvalue weighted by atomic mass is 15.0. The van der Waals surface area contributed by atoms with Crippen molar-refractivity contribution >= 4 is 0 Å². The van der Waals surface area contributed by atoms with E-state index in [1.807, 2.05) is 0 Å². The molecular weight excluding hydrogens is 208 g/mol. The Balaban J connectivity index is 2.50. The Labute approximate surface area is 106 Å². The molecule has 96 valence electrons. The van der Waals surface area contributed by atoms with Crippen molar-refractivity contribution in [2.24, 2.45) is 5.73 Å². The first-order valence-electron chi connectivity index (χ1n) is 6.68. The van der Waals surface area contributed by atoms with E-state index in [0.717, 1.165) is 12.8 Å². The molecule has 0 aromatic heterocycles. The van der Waals surface area contributed by atoms with Crippen molar-refractivity contribution in [1.29, 1.82) is 0 Å².